The summed E-state index contributed by atoms with van der Waals surface area (Å²) < 4.78 is 30.0. The van der Waals surface area contributed by atoms with Gasteiger partial charge >= 0.3 is 5.97 Å². The standard InChI is InChI=1S/C9H12O3S.C5H11NO2/c1-2-3-8-4-6-9(7-5-8)13(10,11)12;1-3(2)4(6)5(7)8/h4-7H,2-3H2,1H3,(H,10,11,12);3-4H,6H2,1-2H3,(H,7,8)/t;4-/m.0/s1. The molecule has 1 rings (SSSR count). The molecule has 0 spiro atoms. The lowest BCUT2D eigenvalue weighted by Crippen LogP contribution is -2.34. The minimum atomic E-state index is -4.03. The Hall–Kier alpha value is -1.44. The van der Waals surface area contributed by atoms with Gasteiger partial charge < -0.3 is 10.8 Å². The van der Waals surface area contributed by atoms with Crippen molar-refractivity contribution in [2.75, 3.05) is 0 Å². The Balaban J connectivity index is 0.000000433. The van der Waals surface area contributed by atoms with E-state index in [1.54, 1.807) is 26.0 Å². The van der Waals surface area contributed by atoms with Crippen LogP contribution < -0.4 is 5.73 Å². The Morgan fingerprint density at radius 3 is 1.95 bits per heavy atom. The van der Waals surface area contributed by atoms with E-state index in [0.29, 0.717) is 0 Å². The van der Waals surface area contributed by atoms with E-state index < -0.39 is 22.1 Å². The van der Waals surface area contributed by atoms with Crippen molar-refractivity contribution < 1.29 is 22.9 Å². The summed E-state index contributed by atoms with van der Waals surface area (Å²) >= 11 is 0. The second-order valence-corrected chi connectivity index (χ2v) is 6.40. The van der Waals surface area contributed by atoms with Crippen molar-refractivity contribution in [3.8, 4) is 0 Å². The maximum atomic E-state index is 10.7. The molecule has 21 heavy (non-hydrogen) atoms. The summed E-state index contributed by atoms with van der Waals surface area (Å²) in [5, 5.41) is 8.23. The van der Waals surface area contributed by atoms with Crippen LogP contribution in [0.3, 0.4) is 0 Å². The SMILES string of the molecule is CC(C)[C@H](N)C(=O)O.CCCc1ccc(S(=O)(=O)O)cc1. The maximum absolute atomic E-state index is 10.7. The largest absolute Gasteiger partial charge is 0.480 e. The first-order valence-electron chi connectivity index (χ1n) is 6.64. The number of benzene rings is 1. The molecule has 7 heteroatoms. The maximum Gasteiger partial charge on any atom is 0.320 e. The third kappa shape index (κ3) is 7.79. The first kappa shape index (κ1) is 19.6. The molecule has 0 saturated heterocycles. The Kier molecular flexibility index (Phi) is 8.16. The quantitative estimate of drug-likeness (QED) is 0.714. The normalized spacial score (nSPS) is 12.5. The van der Waals surface area contributed by atoms with E-state index in [1.807, 2.05) is 0 Å². The molecule has 0 radical (unpaired) electrons. The summed E-state index contributed by atoms with van der Waals surface area (Å²) in [5.74, 6) is -0.910. The predicted molar refractivity (Wildman–Crippen MR) is 80.7 cm³/mol. The number of hydrogen-bond acceptors (Lipinski definition) is 4. The fraction of sp³-hybridized carbons (Fsp3) is 0.500. The third-order valence-corrected chi connectivity index (χ3v) is 3.63. The van der Waals surface area contributed by atoms with E-state index in [2.05, 4.69) is 6.92 Å². The van der Waals surface area contributed by atoms with Gasteiger partial charge in [-0.05, 0) is 30.0 Å². The zero-order valence-corrected chi connectivity index (χ0v) is 13.3. The molecule has 0 bridgehead atoms. The Morgan fingerprint density at radius 1 is 1.24 bits per heavy atom. The molecular weight excluding hydrogens is 294 g/mol. The number of aliphatic carboxylic acids is 1. The Morgan fingerprint density at radius 2 is 1.71 bits per heavy atom. The highest BCUT2D eigenvalue weighted by Gasteiger charge is 2.14. The fourth-order valence-corrected chi connectivity index (χ4v) is 1.88. The number of nitrogens with two attached hydrogens (primary N) is 1. The molecule has 6 nitrogen and oxygen atoms in total. The van der Waals surface area contributed by atoms with Gasteiger partial charge in [-0.15, -0.1) is 0 Å². The van der Waals surface area contributed by atoms with Crippen LogP contribution in [0.15, 0.2) is 29.2 Å². The van der Waals surface area contributed by atoms with Crippen molar-refractivity contribution in [3.63, 3.8) is 0 Å². The van der Waals surface area contributed by atoms with Crippen molar-refractivity contribution in [2.45, 2.75) is 44.6 Å². The van der Waals surface area contributed by atoms with Crippen LogP contribution >= 0.6 is 0 Å². The number of hydrogen-bond donors (Lipinski definition) is 3. The first-order valence-corrected chi connectivity index (χ1v) is 8.08. The highest BCUT2D eigenvalue weighted by molar-refractivity contribution is 7.85. The van der Waals surface area contributed by atoms with Crippen LogP contribution in [0.1, 0.15) is 32.8 Å². The molecule has 0 aliphatic rings. The van der Waals surface area contributed by atoms with E-state index in [1.165, 1.54) is 12.1 Å². The van der Waals surface area contributed by atoms with Crippen molar-refractivity contribution in [1.82, 2.24) is 0 Å². The van der Waals surface area contributed by atoms with Gasteiger partial charge in [0.2, 0.25) is 0 Å². The number of aryl methyl sites for hydroxylation is 1. The van der Waals surface area contributed by atoms with Crippen LogP contribution in [0.4, 0.5) is 0 Å². The van der Waals surface area contributed by atoms with Crippen LogP contribution in [0, 0.1) is 5.92 Å². The summed E-state index contributed by atoms with van der Waals surface area (Å²) in [6, 6.07) is 5.55. The van der Waals surface area contributed by atoms with Gasteiger partial charge in [0.1, 0.15) is 6.04 Å². The highest BCUT2D eigenvalue weighted by atomic mass is 32.2. The molecule has 4 N–H and O–H groups in total. The van der Waals surface area contributed by atoms with Gasteiger partial charge in [-0.3, -0.25) is 9.35 Å². The highest BCUT2D eigenvalue weighted by Crippen LogP contribution is 2.10. The van der Waals surface area contributed by atoms with Crippen LogP contribution in [-0.2, 0) is 21.3 Å². The summed E-state index contributed by atoms with van der Waals surface area (Å²) in [7, 11) is -4.03. The second-order valence-electron chi connectivity index (χ2n) is 4.98. The summed E-state index contributed by atoms with van der Waals surface area (Å²) in [4.78, 5) is 9.97. The zero-order valence-electron chi connectivity index (χ0n) is 12.5. The van der Waals surface area contributed by atoms with E-state index in [-0.39, 0.29) is 10.8 Å². The average molecular weight is 317 g/mol. The van der Waals surface area contributed by atoms with Crippen molar-refractivity contribution >= 4 is 16.1 Å². The molecule has 0 amide bonds. The number of rotatable bonds is 5. The fourth-order valence-electron chi connectivity index (χ4n) is 1.40. The molecule has 0 fully saturated rings. The van der Waals surface area contributed by atoms with Gasteiger partial charge in [-0.2, -0.15) is 8.42 Å². The number of carbonyl (C=O) groups is 1. The van der Waals surface area contributed by atoms with Gasteiger partial charge in [-0.25, -0.2) is 0 Å². The van der Waals surface area contributed by atoms with Crippen LogP contribution in [0.5, 0.6) is 0 Å². The smallest absolute Gasteiger partial charge is 0.320 e. The lowest BCUT2D eigenvalue weighted by atomic mass is 10.1. The van der Waals surface area contributed by atoms with E-state index in [9.17, 15) is 13.2 Å². The molecule has 1 aromatic rings. The topological polar surface area (TPSA) is 118 Å². The van der Waals surface area contributed by atoms with Crippen LogP contribution in [0.25, 0.3) is 0 Å². The molecule has 1 aromatic carbocycles. The molecule has 0 aliphatic carbocycles. The van der Waals surface area contributed by atoms with Gasteiger partial charge in [0.05, 0.1) is 4.90 Å². The van der Waals surface area contributed by atoms with E-state index >= 15 is 0 Å². The second kappa shape index (κ2) is 8.76. The lowest BCUT2D eigenvalue weighted by Gasteiger charge is -2.07. The minimum Gasteiger partial charge on any atom is -0.480 e. The third-order valence-electron chi connectivity index (χ3n) is 2.76. The van der Waals surface area contributed by atoms with Crippen molar-refractivity contribution in [3.05, 3.63) is 29.8 Å². The van der Waals surface area contributed by atoms with E-state index in [4.69, 9.17) is 15.4 Å². The van der Waals surface area contributed by atoms with Crippen molar-refractivity contribution in [2.24, 2.45) is 11.7 Å². The van der Waals surface area contributed by atoms with Crippen LogP contribution in [-0.4, -0.2) is 30.1 Å². The molecule has 120 valence electrons. The molecule has 0 heterocycles. The van der Waals surface area contributed by atoms with Gasteiger partial charge in [0.25, 0.3) is 10.1 Å². The van der Waals surface area contributed by atoms with Gasteiger partial charge in [0.15, 0.2) is 0 Å². The Labute approximate surface area is 125 Å². The predicted octanol–water partition coefficient (Wildman–Crippen LogP) is 1.94. The van der Waals surface area contributed by atoms with Gasteiger partial charge in [0, 0.05) is 0 Å². The zero-order chi connectivity index (χ0) is 16.6. The lowest BCUT2D eigenvalue weighted by molar-refractivity contribution is -0.139. The molecule has 0 saturated carbocycles. The monoisotopic (exact) mass is 317 g/mol. The summed E-state index contributed by atoms with van der Waals surface area (Å²) in [6.07, 6.45) is 1.94. The first-order chi connectivity index (χ1) is 9.59. The molecule has 0 unspecified atom stereocenters. The molecule has 0 aromatic heterocycles. The van der Waals surface area contributed by atoms with E-state index in [0.717, 1.165) is 18.4 Å². The number of carboxylic acids is 1. The van der Waals surface area contributed by atoms with Crippen LogP contribution in [0.2, 0.25) is 0 Å². The number of carboxylic acid groups (broad SMARTS) is 1. The molecular formula is C14H23NO5S. The average Bonchev–Trinajstić information content (AvgIpc) is 2.38. The molecule has 1 atom stereocenters. The summed E-state index contributed by atoms with van der Waals surface area (Å²) in [5.41, 5.74) is 6.24. The minimum absolute atomic E-state index is 0.0208. The molecule has 0 aliphatic heterocycles. The Bertz CT molecular complexity index is 537. The van der Waals surface area contributed by atoms with Gasteiger partial charge in [-0.1, -0.05) is 39.3 Å². The van der Waals surface area contributed by atoms with Crippen molar-refractivity contribution in [1.29, 1.82) is 0 Å². The summed E-state index contributed by atoms with van der Waals surface area (Å²) in [6.45, 7) is 5.61.